The van der Waals surface area contributed by atoms with Gasteiger partial charge in [0.05, 0.1) is 0 Å². The van der Waals surface area contributed by atoms with E-state index in [1.54, 1.807) is 47.8 Å². The number of nitrogens with one attached hydrogen (secondary N) is 3. The van der Waals surface area contributed by atoms with E-state index < -0.39 is 11.9 Å². The summed E-state index contributed by atoms with van der Waals surface area (Å²) in [4.78, 5) is 28.5. The fourth-order valence-electron chi connectivity index (χ4n) is 2.43. The number of urea groups is 1. The zero-order valence-electron chi connectivity index (χ0n) is 14.2. The molecule has 1 aromatic heterocycles. The van der Waals surface area contributed by atoms with Crippen molar-refractivity contribution in [3.05, 3.63) is 58.6 Å². The molecule has 3 aromatic rings. The lowest BCUT2D eigenvalue weighted by Gasteiger charge is -2.05. The lowest BCUT2D eigenvalue weighted by Crippen LogP contribution is -2.19. The molecule has 142 valence electrons. The van der Waals surface area contributed by atoms with Crippen LogP contribution in [-0.2, 0) is 0 Å². The summed E-state index contributed by atoms with van der Waals surface area (Å²) in [5.74, 6) is 0.790. The Morgan fingerprint density at radius 1 is 1.00 bits per heavy atom. The molecular weight excluding hydrogens is 404 g/mol. The van der Waals surface area contributed by atoms with Crippen LogP contribution >= 0.6 is 22.9 Å². The number of anilines is 3. The maximum absolute atomic E-state index is 12.4. The number of benzene rings is 2. The highest BCUT2D eigenvalue weighted by molar-refractivity contribution is 7.14. The number of hydrogen-bond acceptors (Lipinski definition) is 6. The SMILES string of the molecule is O=C(Nc1cccc(Cl)c1)Nc1nc(C(=O)Nc2ccc3c(c2)OCO3)cs1. The molecule has 0 spiro atoms. The van der Waals surface area contributed by atoms with E-state index in [1.165, 1.54) is 0 Å². The number of amides is 3. The molecule has 0 saturated carbocycles. The average Bonchev–Trinajstić information content (AvgIpc) is 3.30. The Bertz CT molecular complexity index is 1060. The Morgan fingerprint density at radius 3 is 2.68 bits per heavy atom. The quantitative estimate of drug-likeness (QED) is 0.584. The van der Waals surface area contributed by atoms with Crippen molar-refractivity contribution < 1.29 is 19.1 Å². The Labute approximate surface area is 168 Å². The molecule has 1 aliphatic rings. The summed E-state index contributed by atoms with van der Waals surface area (Å²) in [6.07, 6.45) is 0. The van der Waals surface area contributed by atoms with E-state index in [9.17, 15) is 9.59 Å². The van der Waals surface area contributed by atoms with Crippen LogP contribution in [-0.4, -0.2) is 23.7 Å². The predicted octanol–water partition coefficient (Wildman–Crippen LogP) is 4.42. The number of carbonyl (C=O) groups is 2. The van der Waals surface area contributed by atoms with Gasteiger partial charge >= 0.3 is 6.03 Å². The van der Waals surface area contributed by atoms with Crippen molar-refractivity contribution >= 4 is 51.4 Å². The number of ether oxygens (including phenoxy) is 2. The van der Waals surface area contributed by atoms with E-state index in [1.807, 2.05) is 0 Å². The van der Waals surface area contributed by atoms with Gasteiger partial charge in [-0.15, -0.1) is 11.3 Å². The fraction of sp³-hybridized carbons (Fsp3) is 0.0556. The van der Waals surface area contributed by atoms with Gasteiger partial charge in [-0.05, 0) is 30.3 Å². The van der Waals surface area contributed by atoms with E-state index in [0.29, 0.717) is 27.9 Å². The van der Waals surface area contributed by atoms with Crippen molar-refractivity contribution in [3.8, 4) is 11.5 Å². The van der Waals surface area contributed by atoms with Gasteiger partial charge in [-0.1, -0.05) is 17.7 Å². The van der Waals surface area contributed by atoms with Crippen molar-refractivity contribution in [3.63, 3.8) is 0 Å². The van der Waals surface area contributed by atoms with Crippen LogP contribution in [0.4, 0.5) is 21.3 Å². The summed E-state index contributed by atoms with van der Waals surface area (Å²) in [5, 5.41) is 10.3. The molecule has 3 amide bonds. The summed E-state index contributed by atoms with van der Waals surface area (Å²) in [5.41, 5.74) is 1.28. The maximum Gasteiger partial charge on any atom is 0.325 e. The molecule has 10 heteroatoms. The molecule has 0 saturated heterocycles. The largest absolute Gasteiger partial charge is 0.454 e. The molecule has 3 N–H and O–H groups in total. The lowest BCUT2D eigenvalue weighted by atomic mass is 10.2. The second-order valence-corrected chi connectivity index (χ2v) is 6.94. The first-order chi connectivity index (χ1) is 13.6. The molecule has 0 unspecified atom stereocenters. The summed E-state index contributed by atoms with van der Waals surface area (Å²) >= 11 is 7.02. The van der Waals surface area contributed by atoms with Crippen LogP contribution in [0.25, 0.3) is 0 Å². The summed E-state index contributed by atoms with van der Waals surface area (Å²) in [6.45, 7) is 0.158. The van der Waals surface area contributed by atoms with Crippen LogP contribution in [0.2, 0.25) is 5.02 Å². The van der Waals surface area contributed by atoms with Gasteiger partial charge in [-0.3, -0.25) is 10.1 Å². The van der Waals surface area contributed by atoms with E-state index in [4.69, 9.17) is 21.1 Å². The number of carbonyl (C=O) groups excluding carboxylic acids is 2. The van der Waals surface area contributed by atoms with E-state index in [-0.39, 0.29) is 17.6 Å². The van der Waals surface area contributed by atoms with Crippen molar-refractivity contribution in [2.24, 2.45) is 0 Å². The minimum Gasteiger partial charge on any atom is -0.454 e. The number of halogens is 1. The number of thiazole rings is 1. The number of aromatic nitrogens is 1. The Balaban J connectivity index is 1.37. The number of rotatable bonds is 4. The molecule has 2 aromatic carbocycles. The summed E-state index contributed by atoms with van der Waals surface area (Å²) < 4.78 is 10.5. The second kappa shape index (κ2) is 7.75. The third-order valence-electron chi connectivity index (χ3n) is 3.67. The molecule has 2 heterocycles. The molecule has 28 heavy (non-hydrogen) atoms. The van der Waals surface area contributed by atoms with Gasteiger partial charge in [-0.2, -0.15) is 0 Å². The van der Waals surface area contributed by atoms with Crippen LogP contribution in [0.1, 0.15) is 10.5 Å². The first-order valence-electron chi connectivity index (χ1n) is 8.07. The molecule has 0 fully saturated rings. The highest BCUT2D eigenvalue weighted by Gasteiger charge is 2.16. The zero-order valence-corrected chi connectivity index (χ0v) is 15.8. The molecule has 8 nitrogen and oxygen atoms in total. The van der Waals surface area contributed by atoms with Crippen molar-refractivity contribution in [2.75, 3.05) is 22.7 Å². The molecule has 1 aliphatic heterocycles. The Kier molecular flexibility index (Phi) is 5.00. The number of nitrogens with zero attached hydrogens (tertiary/aromatic N) is 1. The van der Waals surface area contributed by atoms with Gasteiger partial charge < -0.3 is 20.1 Å². The first kappa shape index (κ1) is 18.1. The van der Waals surface area contributed by atoms with Crippen molar-refractivity contribution in [2.45, 2.75) is 0 Å². The number of hydrogen-bond donors (Lipinski definition) is 3. The monoisotopic (exact) mass is 416 g/mol. The van der Waals surface area contributed by atoms with Crippen LogP contribution < -0.4 is 25.4 Å². The van der Waals surface area contributed by atoms with Crippen molar-refractivity contribution in [1.29, 1.82) is 0 Å². The van der Waals surface area contributed by atoms with Crippen LogP contribution in [0.5, 0.6) is 11.5 Å². The second-order valence-electron chi connectivity index (χ2n) is 5.65. The van der Waals surface area contributed by atoms with Crippen molar-refractivity contribution in [1.82, 2.24) is 4.98 Å². The van der Waals surface area contributed by atoms with Crippen LogP contribution in [0.15, 0.2) is 47.8 Å². The third kappa shape index (κ3) is 4.16. The molecule has 4 rings (SSSR count). The standard InChI is InChI=1S/C18H13ClN4O4S/c19-10-2-1-3-11(6-10)21-17(25)23-18-22-13(8-28-18)16(24)20-12-4-5-14-15(7-12)27-9-26-14/h1-8H,9H2,(H,20,24)(H2,21,22,23,25). The molecule has 0 bridgehead atoms. The zero-order chi connectivity index (χ0) is 19.5. The van der Waals surface area contributed by atoms with Gasteiger partial charge in [-0.25, -0.2) is 9.78 Å². The van der Waals surface area contributed by atoms with E-state index in [2.05, 4.69) is 20.9 Å². The highest BCUT2D eigenvalue weighted by Crippen LogP contribution is 2.34. The van der Waals surface area contributed by atoms with Crippen LogP contribution in [0.3, 0.4) is 0 Å². The van der Waals surface area contributed by atoms with Gasteiger partial charge in [0.25, 0.3) is 5.91 Å². The van der Waals surface area contributed by atoms with Gasteiger partial charge in [0.2, 0.25) is 6.79 Å². The minimum absolute atomic E-state index is 0.158. The van der Waals surface area contributed by atoms with E-state index in [0.717, 1.165) is 11.3 Å². The maximum atomic E-state index is 12.4. The van der Waals surface area contributed by atoms with Crippen LogP contribution in [0, 0.1) is 0 Å². The average molecular weight is 417 g/mol. The summed E-state index contributed by atoms with van der Waals surface area (Å²) in [7, 11) is 0. The van der Waals surface area contributed by atoms with Gasteiger partial charge in [0.1, 0.15) is 5.69 Å². The minimum atomic E-state index is -0.487. The number of fused-ring (bicyclic) bond motifs is 1. The third-order valence-corrected chi connectivity index (χ3v) is 4.66. The summed E-state index contributed by atoms with van der Waals surface area (Å²) in [6, 6.07) is 11.4. The van der Waals surface area contributed by atoms with Gasteiger partial charge in [0, 0.05) is 27.8 Å². The first-order valence-corrected chi connectivity index (χ1v) is 9.33. The van der Waals surface area contributed by atoms with E-state index >= 15 is 0 Å². The Hall–Kier alpha value is -3.30. The smallest absolute Gasteiger partial charge is 0.325 e. The topological polar surface area (TPSA) is 102 Å². The molecule has 0 aliphatic carbocycles. The molecule has 0 atom stereocenters. The predicted molar refractivity (Wildman–Crippen MR) is 107 cm³/mol. The molecular formula is C18H13ClN4O4S. The normalized spacial score (nSPS) is 11.8. The lowest BCUT2D eigenvalue weighted by molar-refractivity contribution is 0.102. The highest BCUT2D eigenvalue weighted by atomic mass is 35.5. The Morgan fingerprint density at radius 2 is 1.82 bits per heavy atom. The fourth-order valence-corrected chi connectivity index (χ4v) is 3.31. The molecule has 0 radical (unpaired) electrons. The van der Waals surface area contributed by atoms with Gasteiger partial charge in [0.15, 0.2) is 16.6 Å².